The van der Waals surface area contributed by atoms with Gasteiger partial charge in [0.15, 0.2) is 0 Å². The standard InChI is InChI=1S/C12H12N4O4/c1-7-11(6-15(2)14-7)13-10-5-8(16(19)20)3-4-9(10)12(17)18/h3-6,13H,1-2H3,(H,17,18). The summed E-state index contributed by atoms with van der Waals surface area (Å²) in [6, 6.07) is 3.55. The summed E-state index contributed by atoms with van der Waals surface area (Å²) < 4.78 is 1.56. The number of aromatic carboxylic acids is 1. The summed E-state index contributed by atoms with van der Waals surface area (Å²) in [6.45, 7) is 1.75. The molecule has 0 fully saturated rings. The van der Waals surface area contributed by atoms with Crippen LogP contribution >= 0.6 is 0 Å². The van der Waals surface area contributed by atoms with Crippen LogP contribution in [-0.2, 0) is 7.05 Å². The zero-order chi connectivity index (χ0) is 14.9. The normalized spacial score (nSPS) is 10.3. The predicted octanol–water partition coefficient (Wildman–Crippen LogP) is 2.08. The van der Waals surface area contributed by atoms with Crippen molar-refractivity contribution in [3.8, 4) is 0 Å². The average Bonchev–Trinajstić information content (AvgIpc) is 2.67. The lowest BCUT2D eigenvalue weighted by molar-refractivity contribution is -0.384. The highest BCUT2D eigenvalue weighted by Crippen LogP contribution is 2.27. The van der Waals surface area contributed by atoms with Crippen LogP contribution in [-0.4, -0.2) is 25.8 Å². The number of rotatable bonds is 4. The second-order valence-electron chi connectivity index (χ2n) is 4.22. The molecule has 0 bridgehead atoms. The third kappa shape index (κ3) is 2.58. The van der Waals surface area contributed by atoms with E-state index in [0.29, 0.717) is 11.4 Å². The van der Waals surface area contributed by atoms with Crippen molar-refractivity contribution < 1.29 is 14.8 Å². The van der Waals surface area contributed by atoms with Gasteiger partial charge in [0.2, 0.25) is 0 Å². The Morgan fingerprint density at radius 1 is 1.45 bits per heavy atom. The molecule has 0 aliphatic heterocycles. The average molecular weight is 276 g/mol. The zero-order valence-corrected chi connectivity index (χ0v) is 10.8. The minimum Gasteiger partial charge on any atom is -0.478 e. The van der Waals surface area contributed by atoms with Crippen LogP contribution in [0.5, 0.6) is 0 Å². The number of aromatic nitrogens is 2. The van der Waals surface area contributed by atoms with E-state index < -0.39 is 10.9 Å². The highest BCUT2D eigenvalue weighted by molar-refractivity contribution is 5.95. The number of nitro benzene ring substituents is 1. The molecule has 1 aromatic carbocycles. The van der Waals surface area contributed by atoms with E-state index in [4.69, 9.17) is 5.11 Å². The molecule has 0 saturated heterocycles. The predicted molar refractivity (Wildman–Crippen MR) is 71.3 cm³/mol. The van der Waals surface area contributed by atoms with Crippen LogP contribution in [0.1, 0.15) is 16.1 Å². The van der Waals surface area contributed by atoms with Gasteiger partial charge in [-0.15, -0.1) is 0 Å². The molecule has 2 rings (SSSR count). The molecule has 0 atom stereocenters. The molecule has 0 unspecified atom stereocenters. The maximum Gasteiger partial charge on any atom is 0.337 e. The first-order valence-electron chi connectivity index (χ1n) is 5.67. The Kier molecular flexibility index (Phi) is 3.38. The van der Waals surface area contributed by atoms with E-state index in [1.807, 2.05) is 0 Å². The van der Waals surface area contributed by atoms with Crippen molar-refractivity contribution in [1.29, 1.82) is 0 Å². The SMILES string of the molecule is Cc1nn(C)cc1Nc1cc([N+](=O)[O-])ccc1C(=O)O. The number of non-ortho nitro benzene ring substituents is 1. The first kappa shape index (κ1) is 13.5. The fourth-order valence-corrected chi connectivity index (χ4v) is 1.80. The highest BCUT2D eigenvalue weighted by atomic mass is 16.6. The van der Waals surface area contributed by atoms with Crippen LogP contribution in [0.3, 0.4) is 0 Å². The van der Waals surface area contributed by atoms with Crippen molar-refractivity contribution in [2.75, 3.05) is 5.32 Å². The molecule has 0 radical (unpaired) electrons. The number of nitrogens with zero attached hydrogens (tertiary/aromatic N) is 3. The van der Waals surface area contributed by atoms with Crippen LogP contribution in [0.2, 0.25) is 0 Å². The summed E-state index contributed by atoms with van der Waals surface area (Å²) in [5, 5.41) is 26.9. The van der Waals surface area contributed by atoms with Gasteiger partial charge in [-0.3, -0.25) is 14.8 Å². The monoisotopic (exact) mass is 276 g/mol. The van der Waals surface area contributed by atoms with Crippen molar-refractivity contribution in [3.63, 3.8) is 0 Å². The van der Waals surface area contributed by atoms with Crippen molar-refractivity contribution in [2.45, 2.75) is 6.92 Å². The third-order valence-corrected chi connectivity index (χ3v) is 2.73. The number of carboxylic acid groups (broad SMARTS) is 1. The molecule has 0 amide bonds. The van der Waals surface area contributed by atoms with Crippen LogP contribution in [0.15, 0.2) is 24.4 Å². The summed E-state index contributed by atoms with van der Waals surface area (Å²) in [5.41, 5.74) is 1.19. The fraction of sp³-hybridized carbons (Fsp3) is 0.167. The molecule has 2 aromatic rings. The van der Waals surface area contributed by atoms with E-state index in [1.54, 1.807) is 24.9 Å². The Morgan fingerprint density at radius 3 is 2.65 bits per heavy atom. The minimum atomic E-state index is -1.16. The second-order valence-corrected chi connectivity index (χ2v) is 4.22. The number of nitro groups is 1. The van der Waals surface area contributed by atoms with E-state index in [9.17, 15) is 14.9 Å². The van der Waals surface area contributed by atoms with Crippen molar-refractivity contribution in [2.24, 2.45) is 7.05 Å². The smallest absolute Gasteiger partial charge is 0.337 e. The Balaban J connectivity index is 2.47. The van der Waals surface area contributed by atoms with Gasteiger partial charge >= 0.3 is 5.97 Å². The van der Waals surface area contributed by atoms with Crippen molar-refractivity contribution in [3.05, 3.63) is 45.8 Å². The van der Waals surface area contributed by atoms with Gasteiger partial charge in [-0.25, -0.2) is 4.79 Å². The van der Waals surface area contributed by atoms with Gasteiger partial charge in [0.05, 0.1) is 27.6 Å². The van der Waals surface area contributed by atoms with E-state index in [-0.39, 0.29) is 16.9 Å². The minimum absolute atomic E-state index is 0.0427. The Hall–Kier alpha value is -2.90. The van der Waals surface area contributed by atoms with Gasteiger partial charge in [0.1, 0.15) is 0 Å². The molecular weight excluding hydrogens is 264 g/mol. The lowest BCUT2D eigenvalue weighted by atomic mass is 10.1. The van der Waals surface area contributed by atoms with E-state index >= 15 is 0 Å². The van der Waals surface area contributed by atoms with Gasteiger partial charge in [0.25, 0.3) is 5.69 Å². The molecule has 0 aliphatic rings. The fourth-order valence-electron chi connectivity index (χ4n) is 1.80. The van der Waals surface area contributed by atoms with Crippen molar-refractivity contribution in [1.82, 2.24) is 9.78 Å². The van der Waals surface area contributed by atoms with Crippen LogP contribution in [0.25, 0.3) is 0 Å². The molecule has 8 heteroatoms. The summed E-state index contributed by atoms with van der Waals surface area (Å²) in [5.74, 6) is -1.16. The Morgan fingerprint density at radius 2 is 2.15 bits per heavy atom. The molecule has 1 aromatic heterocycles. The number of hydrogen-bond acceptors (Lipinski definition) is 5. The van der Waals surface area contributed by atoms with E-state index in [1.165, 1.54) is 12.1 Å². The number of aryl methyl sites for hydroxylation is 2. The van der Waals surface area contributed by atoms with Crippen LogP contribution in [0, 0.1) is 17.0 Å². The number of anilines is 2. The number of carbonyl (C=O) groups is 1. The van der Waals surface area contributed by atoms with Crippen molar-refractivity contribution >= 4 is 23.0 Å². The molecule has 1 heterocycles. The van der Waals surface area contributed by atoms with Gasteiger partial charge in [-0.1, -0.05) is 0 Å². The zero-order valence-electron chi connectivity index (χ0n) is 10.8. The molecule has 2 N–H and O–H groups in total. The highest BCUT2D eigenvalue weighted by Gasteiger charge is 2.16. The number of carboxylic acids is 1. The molecule has 8 nitrogen and oxygen atoms in total. The van der Waals surface area contributed by atoms with E-state index in [0.717, 1.165) is 6.07 Å². The molecule has 0 spiro atoms. The van der Waals surface area contributed by atoms with Crippen LogP contribution < -0.4 is 5.32 Å². The molecule has 0 aliphatic carbocycles. The maximum atomic E-state index is 11.2. The molecular formula is C12H12N4O4. The van der Waals surface area contributed by atoms with Gasteiger partial charge in [0, 0.05) is 25.4 Å². The first-order valence-corrected chi connectivity index (χ1v) is 5.67. The number of hydrogen-bond donors (Lipinski definition) is 2. The molecule has 104 valence electrons. The maximum absolute atomic E-state index is 11.2. The van der Waals surface area contributed by atoms with Gasteiger partial charge in [-0.2, -0.15) is 5.10 Å². The topological polar surface area (TPSA) is 110 Å². The summed E-state index contributed by atoms with van der Waals surface area (Å²) in [6.07, 6.45) is 1.67. The Labute approximate surface area is 113 Å². The molecule has 20 heavy (non-hydrogen) atoms. The lowest BCUT2D eigenvalue weighted by Crippen LogP contribution is -2.04. The quantitative estimate of drug-likeness (QED) is 0.653. The van der Waals surface area contributed by atoms with Gasteiger partial charge in [-0.05, 0) is 13.0 Å². The summed E-state index contributed by atoms with van der Waals surface area (Å²) in [4.78, 5) is 21.3. The van der Waals surface area contributed by atoms with Gasteiger partial charge < -0.3 is 10.4 Å². The summed E-state index contributed by atoms with van der Waals surface area (Å²) in [7, 11) is 1.73. The number of benzene rings is 1. The van der Waals surface area contributed by atoms with E-state index in [2.05, 4.69) is 10.4 Å². The largest absolute Gasteiger partial charge is 0.478 e. The Bertz CT molecular complexity index is 693. The lowest BCUT2D eigenvalue weighted by Gasteiger charge is -2.08. The summed E-state index contributed by atoms with van der Waals surface area (Å²) >= 11 is 0. The number of nitrogens with one attached hydrogen (secondary N) is 1. The van der Waals surface area contributed by atoms with Crippen LogP contribution in [0.4, 0.5) is 17.1 Å². The molecule has 0 saturated carbocycles. The third-order valence-electron chi connectivity index (χ3n) is 2.73. The first-order chi connectivity index (χ1) is 9.38. The second kappa shape index (κ2) is 5.00.